The van der Waals surface area contributed by atoms with Crippen LogP contribution in [0.5, 0.6) is 0 Å². The average Bonchev–Trinajstić information content (AvgIpc) is 3.03. The number of amides is 3. The Balaban J connectivity index is 1.59. The summed E-state index contributed by atoms with van der Waals surface area (Å²) in [5.41, 5.74) is 0.814. The van der Waals surface area contributed by atoms with Gasteiger partial charge in [0.2, 0.25) is 5.89 Å². The Morgan fingerprint density at radius 2 is 1.96 bits per heavy atom. The second-order valence-corrected chi connectivity index (χ2v) is 6.07. The Morgan fingerprint density at radius 1 is 1.22 bits per heavy atom. The van der Waals surface area contributed by atoms with Crippen LogP contribution < -0.4 is 10.6 Å². The molecule has 0 radical (unpaired) electrons. The maximum Gasteiger partial charge on any atom is 0.407 e. The van der Waals surface area contributed by atoms with Crippen molar-refractivity contribution in [2.75, 3.05) is 36.8 Å². The van der Waals surface area contributed by atoms with E-state index in [1.807, 2.05) is 0 Å². The van der Waals surface area contributed by atoms with Gasteiger partial charge >= 0.3 is 18.1 Å². The predicted octanol–water partition coefficient (Wildman–Crippen LogP) is 1.96. The predicted molar refractivity (Wildman–Crippen MR) is 93.0 cm³/mol. The minimum atomic E-state index is -0.926. The minimum Gasteiger partial charge on any atom is -0.465 e. The third kappa shape index (κ3) is 4.91. The van der Waals surface area contributed by atoms with Gasteiger partial charge in [-0.05, 0) is 17.7 Å². The van der Waals surface area contributed by atoms with Crippen LogP contribution in [0.4, 0.5) is 25.7 Å². The molecule has 0 atom stereocenters. The Kier molecular flexibility index (Phi) is 5.50. The molecule has 11 heteroatoms. The fourth-order valence-corrected chi connectivity index (χ4v) is 2.72. The fourth-order valence-electron chi connectivity index (χ4n) is 2.72. The highest BCUT2D eigenvalue weighted by atomic mass is 19.1. The van der Waals surface area contributed by atoms with Crippen molar-refractivity contribution in [2.24, 2.45) is 0 Å². The quantitative estimate of drug-likeness (QED) is 0.743. The number of anilines is 2. The largest absolute Gasteiger partial charge is 0.465 e. The number of carboxylic acid groups (broad SMARTS) is 1. The summed E-state index contributed by atoms with van der Waals surface area (Å²) in [4.78, 5) is 26.3. The summed E-state index contributed by atoms with van der Waals surface area (Å²) in [5.74, 6) is -0.284. The zero-order chi connectivity index (χ0) is 19.4. The van der Waals surface area contributed by atoms with Gasteiger partial charge in [-0.3, -0.25) is 10.2 Å². The number of halogens is 1. The van der Waals surface area contributed by atoms with Gasteiger partial charge in [0.05, 0.1) is 5.69 Å². The van der Waals surface area contributed by atoms with E-state index in [1.54, 1.807) is 13.0 Å². The van der Waals surface area contributed by atoms with Gasteiger partial charge in [-0.2, -0.15) is 0 Å². The first kappa shape index (κ1) is 18.6. The highest BCUT2D eigenvalue weighted by Gasteiger charge is 2.20. The van der Waals surface area contributed by atoms with Crippen molar-refractivity contribution < 1.29 is 23.5 Å². The number of aromatic nitrogens is 2. The zero-order valence-corrected chi connectivity index (χ0v) is 14.6. The van der Waals surface area contributed by atoms with Gasteiger partial charge < -0.3 is 19.7 Å². The maximum absolute atomic E-state index is 14.0. The molecule has 2 aromatic rings. The molecular weight excluding hydrogens is 359 g/mol. The normalized spacial score (nSPS) is 14.8. The van der Waals surface area contributed by atoms with Crippen LogP contribution in [0.3, 0.4) is 0 Å². The lowest BCUT2D eigenvalue weighted by atomic mass is 10.1. The lowest BCUT2D eigenvalue weighted by molar-refractivity contribution is 0.103. The number of carbonyl (C=O) groups is 2. The van der Waals surface area contributed by atoms with Crippen molar-refractivity contribution in [3.8, 4) is 0 Å². The first-order chi connectivity index (χ1) is 12.9. The van der Waals surface area contributed by atoms with E-state index < -0.39 is 17.9 Å². The Bertz CT molecular complexity index is 834. The van der Waals surface area contributed by atoms with Crippen LogP contribution in [0.25, 0.3) is 0 Å². The number of urea groups is 1. The highest BCUT2D eigenvalue weighted by molar-refractivity contribution is 5.98. The van der Waals surface area contributed by atoms with Crippen LogP contribution in [0.2, 0.25) is 0 Å². The molecule has 1 aromatic heterocycles. The van der Waals surface area contributed by atoms with Gasteiger partial charge in [0.1, 0.15) is 5.82 Å². The molecule has 3 N–H and O–H groups in total. The van der Waals surface area contributed by atoms with Gasteiger partial charge in [0.15, 0.2) is 0 Å². The number of nitrogens with zero attached hydrogens (tertiary/aromatic N) is 4. The van der Waals surface area contributed by atoms with Gasteiger partial charge in [-0.1, -0.05) is 11.2 Å². The monoisotopic (exact) mass is 378 g/mol. The minimum absolute atomic E-state index is 0.0189. The highest BCUT2D eigenvalue weighted by Crippen LogP contribution is 2.19. The molecule has 1 fully saturated rings. The van der Waals surface area contributed by atoms with Gasteiger partial charge in [-0.15, -0.1) is 5.10 Å². The van der Waals surface area contributed by atoms with Crippen LogP contribution in [0, 0.1) is 12.7 Å². The Morgan fingerprint density at radius 3 is 2.59 bits per heavy atom. The van der Waals surface area contributed by atoms with E-state index >= 15 is 0 Å². The molecule has 0 aliphatic carbocycles. The summed E-state index contributed by atoms with van der Waals surface area (Å²) in [6, 6.07) is 3.65. The number of hydrogen-bond acceptors (Lipinski definition) is 6. The fraction of sp³-hybridized carbons (Fsp3) is 0.375. The molecule has 144 valence electrons. The van der Waals surface area contributed by atoms with E-state index in [4.69, 9.17) is 9.52 Å². The molecule has 27 heavy (non-hydrogen) atoms. The number of hydrogen-bond donors (Lipinski definition) is 3. The summed E-state index contributed by atoms with van der Waals surface area (Å²) < 4.78 is 19.0. The third-order valence-corrected chi connectivity index (χ3v) is 4.07. The van der Waals surface area contributed by atoms with Crippen molar-refractivity contribution in [3.05, 3.63) is 35.5 Å². The Hall–Kier alpha value is -3.21. The van der Waals surface area contributed by atoms with E-state index in [0.717, 1.165) is 5.56 Å². The summed E-state index contributed by atoms with van der Waals surface area (Å²) >= 11 is 0. The molecule has 1 aliphatic rings. The molecule has 3 rings (SSSR count). The number of benzene rings is 1. The molecule has 1 aromatic carbocycles. The van der Waals surface area contributed by atoms with Crippen molar-refractivity contribution in [1.82, 2.24) is 20.0 Å². The Labute approximate surface area is 154 Å². The second kappa shape index (κ2) is 7.99. The molecule has 1 saturated heterocycles. The molecular formula is C16H19FN6O4. The van der Waals surface area contributed by atoms with Gasteiger partial charge in [0.25, 0.3) is 0 Å². The van der Waals surface area contributed by atoms with Crippen molar-refractivity contribution in [2.45, 2.75) is 13.5 Å². The van der Waals surface area contributed by atoms with E-state index in [0.29, 0.717) is 38.6 Å². The number of piperazine rings is 1. The lowest BCUT2D eigenvalue weighted by Crippen LogP contribution is -2.47. The maximum atomic E-state index is 14.0. The summed E-state index contributed by atoms with van der Waals surface area (Å²) in [5, 5.41) is 20.9. The van der Waals surface area contributed by atoms with E-state index in [9.17, 15) is 14.0 Å². The van der Waals surface area contributed by atoms with E-state index in [1.165, 1.54) is 17.0 Å². The topological polar surface area (TPSA) is 124 Å². The van der Waals surface area contributed by atoms with Gasteiger partial charge in [0, 0.05) is 39.6 Å². The van der Waals surface area contributed by atoms with Crippen LogP contribution >= 0.6 is 0 Å². The third-order valence-electron chi connectivity index (χ3n) is 4.07. The van der Waals surface area contributed by atoms with Crippen LogP contribution in [0.15, 0.2) is 22.6 Å². The molecule has 2 heterocycles. The van der Waals surface area contributed by atoms with E-state index in [2.05, 4.69) is 25.7 Å². The molecule has 0 bridgehead atoms. The van der Waals surface area contributed by atoms with E-state index in [-0.39, 0.29) is 11.7 Å². The molecule has 0 unspecified atom stereocenters. The van der Waals surface area contributed by atoms with Crippen molar-refractivity contribution in [1.29, 1.82) is 0 Å². The van der Waals surface area contributed by atoms with Gasteiger partial charge in [-0.25, -0.2) is 14.0 Å². The second-order valence-electron chi connectivity index (χ2n) is 6.07. The molecule has 0 saturated carbocycles. The number of aryl methyl sites for hydroxylation is 1. The zero-order valence-electron chi connectivity index (χ0n) is 14.6. The SMILES string of the molecule is Cc1nnc(NC(=O)Nc2cc(CN3CCN(C(=O)O)CC3)ccc2F)o1. The summed E-state index contributed by atoms with van der Waals surface area (Å²) in [6.45, 7) is 4.12. The van der Waals surface area contributed by atoms with Crippen molar-refractivity contribution >= 4 is 23.8 Å². The molecule has 0 spiro atoms. The van der Waals surface area contributed by atoms with Crippen LogP contribution in [-0.2, 0) is 6.54 Å². The average molecular weight is 378 g/mol. The number of nitrogens with one attached hydrogen (secondary N) is 2. The smallest absolute Gasteiger partial charge is 0.407 e. The molecule has 1 aliphatic heterocycles. The summed E-state index contributed by atoms with van der Waals surface area (Å²) in [6.07, 6.45) is -0.926. The number of carbonyl (C=O) groups excluding carboxylic acids is 1. The van der Waals surface area contributed by atoms with Crippen LogP contribution in [0.1, 0.15) is 11.5 Å². The summed E-state index contributed by atoms with van der Waals surface area (Å²) in [7, 11) is 0. The molecule has 10 nitrogen and oxygen atoms in total. The van der Waals surface area contributed by atoms with Crippen molar-refractivity contribution in [3.63, 3.8) is 0 Å². The number of rotatable bonds is 4. The standard InChI is InChI=1S/C16H19FN6O4/c1-10-20-21-15(27-10)19-14(24)18-13-8-11(2-3-12(13)17)9-22-4-6-23(7-5-22)16(25)26/h2-3,8H,4-7,9H2,1H3,(H,25,26)(H2,18,19,21,24). The lowest BCUT2D eigenvalue weighted by Gasteiger charge is -2.33. The first-order valence-electron chi connectivity index (χ1n) is 8.27. The van der Waals surface area contributed by atoms with Crippen LogP contribution in [-0.4, -0.2) is 63.4 Å². The first-order valence-corrected chi connectivity index (χ1v) is 8.27. The molecule has 3 amide bonds.